The fraction of sp³-hybridized carbons (Fsp3) is 0.400. The van der Waals surface area contributed by atoms with Gasteiger partial charge >= 0.3 is 0 Å². The van der Waals surface area contributed by atoms with Gasteiger partial charge in [-0.15, -0.1) is 0 Å². The maximum absolute atomic E-state index is 13.0. The summed E-state index contributed by atoms with van der Waals surface area (Å²) in [5.74, 6) is -0.408. The molecule has 13 heavy (non-hydrogen) atoms. The van der Waals surface area contributed by atoms with Crippen LogP contribution in [0.25, 0.3) is 0 Å². The normalized spacial score (nSPS) is 10.5. The molecule has 0 radical (unpaired) electrons. The van der Waals surface area contributed by atoms with E-state index in [0.717, 1.165) is 6.20 Å². The quantitative estimate of drug-likeness (QED) is 0.713. The first-order chi connectivity index (χ1) is 6.11. The third-order valence-corrected chi connectivity index (χ3v) is 1.87. The predicted octanol–water partition coefficient (Wildman–Crippen LogP) is 1.99. The van der Waals surface area contributed by atoms with Crippen molar-refractivity contribution in [3.63, 3.8) is 0 Å². The summed E-state index contributed by atoms with van der Waals surface area (Å²) >= 11 is 0. The average molecular weight is 181 g/mol. The Kier molecular flexibility index (Phi) is 3.12. The van der Waals surface area contributed by atoms with Crippen LogP contribution in [0.4, 0.5) is 4.39 Å². The summed E-state index contributed by atoms with van der Waals surface area (Å²) in [7, 11) is 0. The van der Waals surface area contributed by atoms with Crippen molar-refractivity contribution in [3.8, 4) is 0 Å². The highest BCUT2D eigenvalue weighted by Crippen LogP contribution is 2.08. The van der Waals surface area contributed by atoms with Crippen LogP contribution >= 0.6 is 0 Å². The van der Waals surface area contributed by atoms with Gasteiger partial charge in [0.2, 0.25) is 0 Å². The van der Waals surface area contributed by atoms with Crippen molar-refractivity contribution in [2.75, 3.05) is 0 Å². The highest BCUT2D eigenvalue weighted by molar-refractivity contribution is 5.82. The van der Waals surface area contributed by atoms with Gasteiger partial charge in [-0.3, -0.25) is 9.78 Å². The van der Waals surface area contributed by atoms with Gasteiger partial charge in [0, 0.05) is 18.5 Å². The first kappa shape index (κ1) is 9.84. The third kappa shape index (κ3) is 2.61. The number of aromatic nitrogens is 1. The molecule has 2 nitrogen and oxygen atoms in total. The van der Waals surface area contributed by atoms with Gasteiger partial charge in [0.05, 0.1) is 6.20 Å². The molecule has 0 fully saturated rings. The second-order valence-electron chi connectivity index (χ2n) is 3.26. The first-order valence-electron chi connectivity index (χ1n) is 4.22. The zero-order chi connectivity index (χ0) is 9.84. The molecule has 1 aromatic rings. The summed E-state index contributed by atoms with van der Waals surface area (Å²) in [5.41, 5.74) is 0.425. The molecular weight excluding hydrogens is 169 g/mol. The number of Topliss-reactive ketones (excluding diaryl/α,β-unsaturated/α-hetero) is 1. The molecule has 1 heterocycles. The van der Waals surface area contributed by atoms with Gasteiger partial charge in [-0.05, 0) is 11.6 Å². The fourth-order valence-corrected chi connectivity index (χ4v) is 0.939. The minimum absolute atomic E-state index is 0.0464. The van der Waals surface area contributed by atoms with Crippen molar-refractivity contribution >= 4 is 5.78 Å². The molecule has 0 unspecified atom stereocenters. The lowest BCUT2D eigenvalue weighted by Crippen LogP contribution is -2.11. The Morgan fingerprint density at radius 1 is 1.62 bits per heavy atom. The van der Waals surface area contributed by atoms with Crippen LogP contribution in [0, 0.1) is 11.7 Å². The van der Waals surface area contributed by atoms with Crippen LogP contribution in [0.5, 0.6) is 0 Å². The maximum Gasteiger partial charge on any atom is 0.145 e. The monoisotopic (exact) mass is 181 g/mol. The predicted molar refractivity (Wildman–Crippen MR) is 47.7 cm³/mol. The summed E-state index contributed by atoms with van der Waals surface area (Å²) in [6.07, 6.45) is 2.78. The van der Waals surface area contributed by atoms with Crippen LogP contribution in [0.1, 0.15) is 19.4 Å². The first-order valence-corrected chi connectivity index (χ1v) is 4.22. The van der Waals surface area contributed by atoms with E-state index in [9.17, 15) is 9.18 Å². The molecule has 0 saturated heterocycles. The zero-order valence-electron chi connectivity index (χ0n) is 7.75. The Morgan fingerprint density at radius 3 is 2.85 bits per heavy atom. The number of carbonyl (C=O) groups excluding carboxylic acids is 1. The minimum atomic E-state index is -0.406. The highest BCUT2D eigenvalue weighted by Gasteiger charge is 2.10. The SMILES string of the molecule is CC(C)C(=O)Cc1ccncc1F. The van der Waals surface area contributed by atoms with Crippen LogP contribution in [-0.2, 0) is 11.2 Å². The molecule has 0 atom stereocenters. The molecular formula is C10H12FNO. The lowest BCUT2D eigenvalue weighted by Gasteiger charge is -2.04. The van der Waals surface area contributed by atoms with Gasteiger partial charge in [-0.2, -0.15) is 0 Å². The van der Waals surface area contributed by atoms with Gasteiger partial charge in [-0.25, -0.2) is 4.39 Å². The summed E-state index contributed by atoms with van der Waals surface area (Å²) in [6.45, 7) is 3.61. The van der Waals surface area contributed by atoms with E-state index >= 15 is 0 Å². The summed E-state index contributed by atoms with van der Waals surface area (Å²) in [6, 6.07) is 1.54. The smallest absolute Gasteiger partial charge is 0.145 e. The Morgan fingerprint density at radius 2 is 2.31 bits per heavy atom. The van der Waals surface area contributed by atoms with Crippen LogP contribution in [0.3, 0.4) is 0 Å². The molecule has 1 rings (SSSR count). The molecule has 0 aliphatic heterocycles. The van der Waals surface area contributed by atoms with E-state index in [2.05, 4.69) is 4.98 Å². The fourth-order valence-electron chi connectivity index (χ4n) is 0.939. The number of hydrogen-bond acceptors (Lipinski definition) is 2. The summed E-state index contributed by atoms with van der Waals surface area (Å²) < 4.78 is 13.0. The van der Waals surface area contributed by atoms with Crippen molar-refractivity contribution in [2.45, 2.75) is 20.3 Å². The molecule has 0 aliphatic rings. The average Bonchev–Trinajstić information content (AvgIpc) is 2.08. The van der Waals surface area contributed by atoms with Crippen molar-refractivity contribution in [1.29, 1.82) is 0 Å². The topological polar surface area (TPSA) is 30.0 Å². The largest absolute Gasteiger partial charge is 0.299 e. The van der Waals surface area contributed by atoms with Crippen molar-refractivity contribution in [3.05, 3.63) is 29.8 Å². The number of halogens is 1. The second-order valence-corrected chi connectivity index (χ2v) is 3.26. The van der Waals surface area contributed by atoms with Crippen LogP contribution in [0.15, 0.2) is 18.5 Å². The third-order valence-electron chi connectivity index (χ3n) is 1.87. The Labute approximate surface area is 76.8 Å². The van der Waals surface area contributed by atoms with Crippen molar-refractivity contribution in [2.24, 2.45) is 5.92 Å². The van der Waals surface area contributed by atoms with Gasteiger partial charge in [-0.1, -0.05) is 13.8 Å². The lowest BCUT2D eigenvalue weighted by atomic mass is 10.0. The zero-order valence-corrected chi connectivity index (χ0v) is 7.75. The van der Waals surface area contributed by atoms with E-state index in [0.29, 0.717) is 5.56 Å². The number of hydrogen-bond donors (Lipinski definition) is 0. The minimum Gasteiger partial charge on any atom is -0.299 e. The molecule has 0 aromatic carbocycles. The molecule has 70 valence electrons. The van der Waals surface area contributed by atoms with Crippen molar-refractivity contribution in [1.82, 2.24) is 4.98 Å². The van der Waals surface area contributed by atoms with Crippen molar-refractivity contribution < 1.29 is 9.18 Å². The van der Waals surface area contributed by atoms with Gasteiger partial charge in [0.25, 0.3) is 0 Å². The number of nitrogens with zero attached hydrogens (tertiary/aromatic N) is 1. The van der Waals surface area contributed by atoms with Crippen LogP contribution in [-0.4, -0.2) is 10.8 Å². The van der Waals surface area contributed by atoms with Gasteiger partial charge < -0.3 is 0 Å². The van der Waals surface area contributed by atoms with Crippen LogP contribution in [0.2, 0.25) is 0 Å². The highest BCUT2D eigenvalue weighted by atomic mass is 19.1. The lowest BCUT2D eigenvalue weighted by molar-refractivity contribution is -0.121. The molecule has 0 N–H and O–H groups in total. The Hall–Kier alpha value is -1.25. The van der Waals surface area contributed by atoms with Gasteiger partial charge in [0.1, 0.15) is 11.6 Å². The number of ketones is 1. The van der Waals surface area contributed by atoms with E-state index in [1.165, 1.54) is 12.3 Å². The molecule has 0 aliphatic carbocycles. The standard InChI is InChI=1S/C10H12FNO/c1-7(2)10(13)5-8-3-4-12-6-9(8)11/h3-4,6-7H,5H2,1-2H3. The van der Waals surface area contributed by atoms with E-state index in [4.69, 9.17) is 0 Å². The Balaban J connectivity index is 2.75. The maximum atomic E-state index is 13.0. The molecule has 1 aromatic heterocycles. The molecule has 0 amide bonds. The van der Waals surface area contributed by atoms with E-state index in [1.807, 2.05) is 0 Å². The van der Waals surface area contributed by atoms with Crippen LogP contribution < -0.4 is 0 Å². The second kappa shape index (κ2) is 4.12. The number of pyridine rings is 1. The van der Waals surface area contributed by atoms with E-state index in [-0.39, 0.29) is 18.1 Å². The number of rotatable bonds is 3. The molecule has 0 saturated carbocycles. The summed E-state index contributed by atoms with van der Waals surface area (Å²) in [5, 5.41) is 0. The summed E-state index contributed by atoms with van der Waals surface area (Å²) in [4.78, 5) is 14.9. The molecule has 0 bridgehead atoms. The molecule has 0 spiro atoms. The number of carbonyl (C=O) groups is 1. The van der Waals surface area contributed by atoms with E-state index in [1.54, 1.807) is 13.8 Å². The van der Waals surface area contributed by atoms with E-state index < -0.39 is 5.82 Å². The van der Waals surface area contributed by atoms with Gasteiger partial charge in [0.15, 0.2) is 0 Å². The molecule has 3 heteroatoms. The Bertz CT molecular complexity index is 310.